The molecule has 2 rings (SSSR count). The van der Waals surface area contributed by atoms with Crippen LogP contribution in [0.1, 0.15) is 30.6 Å². The lowest BCUT2D eigenvalue weighted by Crippen LogP contribution is -2.09. The third kappa shape index (κ3) is 3.09. The van der Waals surface area contributed by atoms with Crippen molar-refractivity contribution < 1.29 is 0 Å². The Labute approximate surface area is 110 Å². The molecule has 4 heteroatoms. The van der Waals surface area contributed by atoms with E-state index < -0.39 is 0 Å². The molecule has 0 aliphatic heterocycles. The monoisotopic (exact) mass is 264 g/mol. The van der Waals surface area contributed by atoms with E-state index in [0.717, 1.165) is 16.5 Å². The predicted octanol–water partition coefficient (Wildman–Crippen LogP) is 4.01. The quantitative estimate of drug-likeness (QED) is 0.906. The Morgan fingerprint density at radius 3 is 2.82 bits per heavy atom. The molecule has 2 aromatic rings. The molecule has 0 radical (unpaired) electrons. The van der Waals surface area contributed by atoms with Gasteiger partial charge in [-0.2, -0.15) is 0 Å². The van der Waals surface area contributed by atoms with E-state index in [4.69, 9.17) is 5.73 Å². The van der Waals surface area contributed by atoms with E-state index in [0.29, 0.717) is 0 Å². The number of benzene rings is 1. The molecule has 0 aliphatic carbocycles. The third-order valence-electron chi connectivity index (χ3n) is 2.55. The van der Waals surface area contributed by atoms with Gasteiger partial charge in [0, 0.05) is 22.0 Å². The average Bonchev–Trinajstić information content (AvgIpc) is 2.74. The molecule has 0 aliphatic rings. The maximum Gasteiger partial charge on any atom is 0.154 e. The lowest BCUT2D eigenvalue weighted by Gasteiger charge is -2.13. The van der Waals surface area contributed by atoms with Crippen LogP contribution in [0.5, 0.6) is 0 Å². The van der Waals surface area contributed by atoms with E-state index in [9.17, 15) is 0 Å². The van der Waals surface area contributed by atoms with Gasteiger partial charge in [0.1, 0.15) is 0 Å². The summed E-state index contributed by atoms with van der Waals surface area (Å²) in [7, 11) is 0. The van der Waals surface area contributed by atoms with Crippen LogP contribution in [-0.2, 0) is 0 Å². The summed E-state index contributed by atoms with van der Waals surface area (Å²) in [4.78, 5) is 5.69. The molecule has 2 N–H and O–H groups in total. The summed E-state index contributed by atoms with van der Waals surface area (Å²) in [5.74, 6) is 0. The molecule has 1 unspecified atom stereocenters. The molecule has 0 bridgehead atoms. The standard InChI is InChI=1S/C13H16N2S2/c1-3-11(14)10-6-4-5-7-12(10)17-13-15-9(2)8-16-13/h4-8,11H,3,14H2,1-2H3. The molecular weight excluding hydrogens is 248 g/mol. The summed E-state index contributed by atoms with van der Waals surface area (Å²) in [5, 5.41) is 2.07. The van der Waals surface area contributed by atoms with Crippen molar-refractivity contribution in [2.75, 3.05) is 0 Å². The van der Waals surface area contributed by atoms with Crippen molar-refractivity contribution in [1.82, 2.24) is 4.98 Å². The van der Waals surface area contributed by atoms with Gasteiger partial charge in [-0.15, -0.1) is 11.3 Å². The second kappa shape index (κ2) is 5.67. The van der Waals surface area contributed by atoms with E-state index in [1.807, 2.05) is 13.0 Å². The Bertz CT molecular complexity index is 494. The number of hydrogen-bond acceptors (Lipinski definition) is 4. The van der Waals surface area contributed by atoms with Crippen LogP contribution in [0.15, 0.2) is 38.9 Å². The molecular formula is C13H16N2S2. The molecule has 0 saturated carbocycles. The van der Waals surface area contributed by atoms with E-state index >= 15 is 0 Å². The summed E-state index contributed by atoms with van der Waals surface area (Å²) in [6, 6.07) is 8.43. The van der Waals surface area contributed by atoms with Crippen molar-refractivity contribution in [1.29, 1.82) is 0 Å². The molecule has 90 valence electrons. The summed E-state index contributed by atoms with van der Waals surface area (Å²) in [6.07, 6.45) is 0.953. The fraction of sp³-hybridized carbons (Fsp3) is 0.308. The summed E-state index contributed by atoms with van der Waals surface area (Å²) in [6.45, 7) is 4.13. The maximum atomic E-state index is 6.12. The zero-order valence-electron chi connectivity index (χ0n) is 10.0. The van der Waals surface area contributed by atoms with Crippen molar-refractivity contribution >= 4 is 23.1 Å². The first-order valence-electron chi connectivity index (χ1n) is 5.65. The van der Waals surface area contributed by atoms with Crippen LogP contribution < -0.4 is 5.73 Å². The zero-order valence-corrected chi connectivity index (χ0v) is 11.6. The zero-order chi connectivity index (χ0) is 12.3. The van der Waals surface area contributed by atoms with Crippen molar-refractivity contribution in [3.05, 3.63) is 40.9 Å². The first kappa shape index (κ1) is 12.6. The maximum absolute atomic E-state index is 6.12. The fourth-order valence-electron chi connectivity index (χ4n) is 1.57. The minimum atomic E-state index is 0.111. The molecule has 1 atom stereocenters. The molecule has 17 heavy (non-hydrogen) atoms. The summed E-state index contributed by atoms with van der Waals surface area (Å²) >= 11 is 3.39. The van der Waals surface area contributed by atoms with Gasteiger partial charge in [0.2, 0.25) is 0 Å². The lowest BCUT2D eigenvalue weighted by molar-refractivity contribution is 0.685. The number of hydrogen-bond donors (Lipinski definition) is 1. The van der Waals surface area contributed by atoms with Gasteiger partial charge in [-0.05, 0) is 25.0 Å². The van der Waals surface area contributed by atoms with E-state index in [2.05, 4.69) is 35.5 Å². The Morgan fingerprint density at radius 2 is 2.18 bits per heavy atom. The number of aromatic nitrogens is 1. The van der Waals surface area contributed by atoms with Gasteiger partial charge in [0.05, 0.1) is 0 Å². The Morgan fingerprint density at radius 1 is 1.41 bits per heavy atom. The van der Waals surface area contributed by atoms with Crippen LogP contribution in [0.25, 0.3) is 0 Å². The van der Waals surface area contributed by atoms with Gasteiger partial charge < -0.3 is 5.73 Å². The SMILES string of the molecule is CCC(N)c1ccccc1Sc1nc(C)cs1. The van der Waals surface area contributed by atoms with Crippen molar-refractivity contribution in [2.24, 2.45) is 5.73 Å². The summed E-state index contributed by atoms with van der Waals surface area (Å²) < 4.78 is 1.08. The van der Waals surface area contributed by atoms with E-state index in [1.165, 1.54) is 10.5 Å². The number of nitrogens with zero attached hydrogens (tertiary/aromatic N) is 1. The fourth-order valence-corrected chi connectivity index (χ4v) is 3.56. The van der Waals surface area contributed by atoms with Crippen LogP contribution in [0.4, 0.5) is 0 Å². The van der Waals surface area contributed by atoms with Crippen LogP contribution in [-0.4, -0.2) is 4.98 Å². The van der Waals surface area contributed by atoms with Crippen LogP contribution in [0.3, 0.4) is 0 Å². The molecule has 1 aromatic carbocycles. The highest BCUT2D eigenvalue weighted by Crippen LogP contribution is 2.34. The second-order valence-corrected chi connectivity index (χ2v) is 6.06. The van der Waals surface area contributed by atoms with E-state index in [1.54, 1.807) is 23.1 Å². The highest BCUT2D eigenvalue weighted by atomic mass is 32.2. The van der Waals surface area contributed by atoms with Crippen LogP contribution in [0.2, 0.25) is 0 Å². The van der Waals surface area contributed by atoms with Crippen molar-refractivity contribution in [3.8, 4) is 0 Å². The molecule has 1 heterocycles. The van der Waals surface area contributed by atoms with E-state index in [-0.39, 0.29) is 6.04 Å². The Balaban J connectivity index is 2.26. The average molecular weight is 264 g/mol. The largest absolute Gasteiger partial charge is 0.324 e. The van der Waals surface area contributed by atoms with Crippen LogP contribution >= 0.6 is 23.1 Å². The Hall–Kier alpha value is -0.840. The highest BCUT2D eigenvalue weighted by Gasteiger charge is 2.11. The molecule has 0 saturated heterocycles. The van der Waals surface area contributed by atoms with Gasteiger partial charge in [-0.1, -0.05) is 36.9 Å². The lowest BCUT2D eigenvalue weighted by atomic mass is 10.1. The van der Waals surface area contributed by atoms with Crippen molar-refractivity contribution in [3.63, 3.8) is 0 Å². The second-order valence-electron chi connectivity index (χ2n) is 3.91. The first-order chi connectivity index (χ1) is 8.20. The highest BCUT2D eigenvalue weighted by molar-refractivity contribution is 8.01. The molecule has 0 spiro atoms. The summed E-state index contributed by atoms with van der Waals surface area (Å²) in [5.41, 5.74) is 8.42. The molecule has 0 amide bonds. The number of nitrogens with two attached hydrogens (primary N) is 1. The van der Waals surface area contributed by atoms with Crippen LogP contribution in [0, 0.1) is 6.92 Å². The predicted molar refractivity (Wildman–Crippen MR) is 74.6 cm³/mol. The van der Waals surface area contributed by atoms with Gasteiger partial charge in [0.15, 0.2) is 4.34 Å². The minimum Gasteiger partial charge on any atom is -0.324 e. The number of rotatable bonds is 4. The minimum absolute atomic E-state index is 0.111. The molecule has 2 nitrogen and oxygen atoms in total. The molecule has 0 fully saturated rings. The van der Waals surface area contributed by atoms with Gasteiger partial charge in [0.25, 0.3) is 0 Å². The topological polar surface area (TPSA) is 38.9 Å². The Kier molecular flexibility index (Phi) is 4.20. The van der Waals surface area contributed by atoms with Gasteiger partial charge in [-0.3, -0.25) is 0 Å². The normalized spacial score (nSPS) is 12.6. The van der Waals surface area contributed by atoms with Gasteiger partial charge >= 0.3 is 0 Å². The first-order valence-corrected chi connectivity index (χ1v) is 7.34. The number of aryl methyl sites for hydroxylation is 1. The van der Waals surface area contributed by atoms with Crippen molar-refractivity contribution in [2.45, 2.75) is 35.5 Å². The van der Waals surface area contributed by atoms with Gasteiger partial charge in [-0.25, -0.2) is 4.98 Å². The molecule has 1 aromatic heterocycles. The third-order valence-corrected chi connectivity index (χ3v) is 4.70. The smallest absolute Gasteiger partial charge is 0.154 e. The number of thiazole rings is 1.